The molecule has 2 rings (SSSR count). The predicted octanol–water partition coefficient (Wildman–Crippen LogP) is 1.35. The summed E-state index contributed by atoms with van der Waals surface area (Å²) >= 11 is 0. The Balaban J connectivity index is 2.12. The lowest BCUT2D eigenvalue weighted by atomic mass is 9.91. The first-order valence-electron chi connectivity index (χ1n) is 3.79. The number of rotatable bonds is 0. The van der Waals surface area contributed by atoms with E-state index in [1.54, 1.807) is 0 Å². The number of carbonyl (C=O) groups excluding carboxylic acids is 1. The van der Waals surface area contributed by atoms with Crippen LogP contribution in [-0.4, -0.2) is 12.1 Å². The topological polar surface area (TPSA) is 26.3 Å². The van der Waals surface area contributed by atoms with Crippen LogP contribution in [0.25, 0.3) is 0 Å². The third kappa shape index (κ3) is 0.678. The monoisotopic (exact) mass is 140 g/mol. The van der Waals surface area contributed by atoms with Crippen LogP contribution in [0.1, 0.15) is 26.7 Å². The van der Waals surface area contributed by atoms with E-state index < -0.39 is 0 Å². The van der Waals surface area contributed by atoms with Crippen molar-refractivity contribution in [2.24, 2.45) is 11.3 Å². The van der Waals surface area contributed by atoms with Gasteiger partial charge in [-0.1, -0.05) is 13.8 Å². The largest absolute Gasteiger partial charge is 0.461 e. The molecular weight excluding hydrogens is 128 g/mol. The molecule has 2 heteroatoms. The molecule has 0 aromatic carbocycles. The highest BCUT2D eigenvalue weighted by Gasteiger charge is 2.52. The summed E-state index contributed by atoms with van der Waals surface area (Å²) in [5.41, 5.74) is 0.335. The van der Waals surface area contributed by atoms with Crippen molar-refractivity contribution in [2.45, 2.75) is 32.8 Å². The molecule has 2 nitrogen and oxygen atoms in total. The summed E-state index contributed by atoms with van der Waals surface area (Å²) in [5.74, 6) is 0.269. The summed E-state index contributed by atoms with van der Waals surface area (Å²) in [4.78, 5) is 10.8. The van der Waals surface area contributed by atoms with Gasteiger partial charge in [0.2, 0.25) is 0 Å². The van der Waals surface area contributed by atoms with E-state index in [1.807, 2.05) is 0 Å². The highest BCUT2D eigenvalue weighted by atomic mass is 16.6. The molecule has 0 radical (unpaired) electrons. The smallest absolute Gasteiger partial charge is 0.313 e. The Kier molecular flexibility index (Phi) is 0.960. The predicted molar refractivity (Wildman–Crippen MR) is 36.4 cm³/mol. The Morgan fingerprint density at radius 1 is 1.50 bits per heavy atom. The Morgan fingerprint density at radius 3 is 2.60 bits per heavy atom. The Hall–Kier alpha value is -0.530. The zero-order valence-electron chi connectivity index (χ0n) is 6.39. The minimum Gasteiger partial charge on any atom is -0.461 e. The first-order valence-corrected chi connectivity index (χ1v) is 3.79. The van der Waals surface area contributed by atoms with Crippen molar-refractivity contribution in [2.75, 3.05) is 0 Å². The summed E-state index contributed by atoms with van der Waals surface area (Å²) in [6, 6.07) is 0. The SMILES string of the molecule is CC1(C)C[C@@H]2OC(=O)[C@@H]2C1. The molecule has 1 saturated carbocycles. The van der Waals surface area contributed by atoms with Crippen LogP contribution in [0.5, 0.6) is 0 Å². The fourth-order valence-electron chi connectivity index (χ4n) is 2.02. The molecule has 1 heterocycles. The van der Waals surface area contributed by atoms with E-state index in [9.17, 15) is 4.79 Å². The third-order valence-corrected chi connectivity index (χ3v) is 2.55. The van der Waals surface area contributed by atoms with Crippen LogP contribution in [0.2, 0.25) is 0 Å². The lowest BCUT2D eigenvalue weighted by Gasteiger charge is -2.28. The maximum absolute atomic E-state index is 10.8. The molecular formula is C8H12O2. The minimum atomic E-state index is 0.0237. The van der Waals surface area contributed by atoms with Gasteiger partial charge in [0, 0.05) is 0 Å². The van der Waals surface area contributed by atoms with Crippen molar-refractivity contribution < 1.29 is 9.53 Å². The number of hydrogen-bond donors (Lipinski definition) is 0. The van der Waals surface area contributed by atoms with Crippen molar-refractivity contribution in [3.63, 3.8) is 0 Å². The van der Waals surface area contributed by atoms with E-state index in [0.717, 1.165) is 12.8 Å². The third-order valence-electron chi connectivity index (χ3n) is 2.55. The Labute approximate surface area is 60.6 Å². The fourth-order valence-corrected chi connectivity index (χ4v) is 2.02. The average molecular weight is 140 g/mol. The lowest BCUT2D eigenvalue weighted by molar-refractivity contribution is -0.179. The average Bonchev–Trinajstić information content (AvgIpc) is 2.04. The highest BCUT2D eigenvalue weighted by Crippen LogP contribution is 2.48. The minimum absolute atomic E-state index is 0.0237. The molecule has 2 aliphatic rings. The van der Waals surface area contributed by atoms with E-state index in [1.165, 1.54) is 0 Å². The Morgan fingerprint density at radius 2 is 2.20 bits per heavy atom. The van der Waals surface area contributed by atoms with Crippen LogP contribution in [-0.2, 0) is 9.53 Å². The van der Waals surface area contributed by atoms with E-state index in [-0.39, 0.29) is 18.0 Å². The molecule has 1 aliphatic carbocycles. The second kappa shape index (κ2) is 1.55. The standard InChI is InChI=1S/C8H12O2/c1-8(2)3-5-6(4-8)10-7(5)9/h5-6H,3-4H2,1-2H3/t5-,6+/m1/s1. The van der Waals surface area contributed by atoms with Crippen LogP contribution in [0.4, 0.5) is 0 Å². The van der Waals surface area contributed by atoms with Crippen molar-refractivity contribution >= 4 is 5.97 Å². The van der Waals surface area contributed by atoms with Gasteiger partial charge < -0.3 is 4.74 Å². The summed E-state index contributed by atoms with van der Waals surface area (Å²) in [7, 11) is 0. The van der Waals surface area contributed by atoms with Crippen LogP contribution in [0, 0.1) is 11.3 Å². The zero-order valence-corrected chi connectivity index (χ0v) is 6.39. The quantitative estimate of drug-likeness (QED) is 0.475. The molecule has 0 amide bonds. The molecule has 10 heavy (non-hydrogen) atoms. The number of carbonyl (C=O) groups is 1. The fraction of sp³-hybridized carbons (Fsp3) is 0.875. The number of hydrogen-bond acceptors (Lipinski definition) is 2. The van der Waals surface area contributed by atoms with E-state index in [2.05, 4.69) is 13.8 Å². The molecule has 0 spiro atoms. The lowest BCUT2D eigenvalue weighted by Crippen LogP contribution is -2.40. The van der Waals surface area contributed by atoms with Crippen molar-refractivity contribution in [1.29, 1.82) is 0 Å². The molecule has 2 atom stereocenters. The molecule has 2 fully saturated rings. The summed E-state index contributed by atoms with van der Waals surface area (Å²) in [6.07, 6.45) is 2.35. The molecule has 0 unspecified atom stereocenters. The zero-order chi connectivity index (χ0) is 7.35. The van der Waals surface area contributed by atoms with Gasteiger partial charge in [0.15, 0.2) is 0 Å². The van der Waals surface area contributed by atoms with Gasteiger partial charge in [-0.3, -0.25) is 4.79 Å². The number of fused-ring (bicyclic) bond motifs is 1. The van der Waals surface area contributed by atoms with Crippen molar-refractivity contribution in [3.8, 4) is 0 Å². The molecule has 0 aromatic rings. The highest BCUT2D eigenvalue weighted by molar-refractivity contribution is 5.79. The maximum atomic E-state index is 10.8. The van der Waals surface area contributed by atoms with Gasteiger partial charge in [0.25, 0.3) is 0 Å². The van der Waals surface area contributed by atoms with E-state index in [0.29, 0.717) is 5.41 Å². The van der Waals surface area contributed by atoms with Crippen LogP contribution >= 0.6 is 0 Å². The normalized spacial score (nSPS) is 42.0. The van der Waals surface area contributed by atoms with E-state index in [4.69, 9.17) is 4.74 Å². The van der Waals surface area contributed by atoms with Crippen LogP contribution < -0.4 is 0 Å². The number of esters is 1. The van der Waals surface area contributed by atoms with Gasteiger partial charge in [-0.15, -0.1) is 0 Å². The first-order chi connectivity index (χ1) is 4.58. The summed E-state index contributed by atoms with van der Waals surface area (Å²) in [5, 5.41) is 0. The van der Waals surface area contributed by atoms with Gasteiger partial charge in [-0.2, -0.15) is 0 Å². The van der Waals surface area contributed by atoms with Crippen molar-refractivity contribution in [3.05, 3.63) is 0 Å². The maximum Gasteiger partial charge on any atom is 0.313 e. The second-order valence-corrected chi connectivity index (χ2v) is 4.15. The first kappa shape index (κ1) is 6.20. The van der Waals surface area contributed by atoms with Crippen LogP contribution in [0.3, 0.4) is 0 Å². The van der Waals surface area contributed by atoms with Gasteiger partial charge >= 0.3 is 5.97 Å². The van der Waals surface area contributed by atoms with Crippen molar-refractivity contribution in [1.82, 2.24) is 0 Å². The summed E-state index contributed by atoms with van der Waals surface area (Å²) in [6.45, 7) is 4.39. The molecule has 56 valence electrons. The molecule has 1 aliphatic heterocycles. The van der Waals surface area contributed by atoms with Crippen LogP contribution in [0.15, 0.2) is 0 Å². The molecule has 0 bridgehead atoms. The van der Waals surface area contributed by atoms with Gasteiger partial charge in [0.05, 0.1) is 5.92 Å². The van der Waals surface area contributed by atoms with Gasteiger partial charge in [-0.25, -0.2) is 0 Å². The van der Waals surface area contributed by atoms with Gasteiger partial charge in [-0.05, 0) is 18.3 Å². The molecule has 1 saturated heterocycles. The molecule has 0 aromatic heterocycles. The van der Waals surface area contributed by atoms with Gasteiger partial charge in [0.1, 0.15) is 6.10 Å². The number of ether oxygens (including phenoxy) is 1. The molecule has 0 N–H and O–H groups in total. The Bertz CT molecular complexity index is 184. The second-order valence-electron chi connectivity index (χ2n) is 4.15. The van der Waals surface area contributed by atoms with E-state index >= 15 is 0 Å². The summed E-state index contributed by atoms with van der Waals surface area (Å²) < 4.78 is 4.96.